The molecule has 0 spiro atoms. The minimum atomic E-state index is -3.25. The van der Waals surface area contributed by atoms with Gasteiger partial charge >= 0.3 is 6.09 Å². The van der Waals surface area contributed by atoms with Gasteiger partial charge in [-0.25, -0.2) is 17.9 Å². The van der Waals surface area contributed by atoms with Crippen molar-refractivity contribution >= 4 is 27.7 Å². The van der Waals surface area contributed by atoms with Crippen molar-refractivity contribution in [1.29, 1.82) is 0 Å². The summed E-state index contributed by atoms with van der Waals surface area (Å²) in [7, 11) is -3.25. The average molecular weight is 412 g/mol. The van der Waals surface area contributed by atoms with Crippen molar-refractivity contribution in [2.24, 2.45) is 5.92 Å². The number of hydrogen-bond acceptors (Lipinski definition) is 5. The largest absolute Gasteiger partial charge is 0.444 e. The maximum Gasteiger partial charge on any atom is 0.412 e. The van der Waals surface area contributed by atoms with Crippen molar-refractivity contribution in [2.45, 2.75) is 39.2 Å². The number of rotatable bonds is 5. The Hall–Kier alpha value is -2.13. The second-order valence-corrected chi connectivity index (χ2v) is 9.92. The lowest BCUT2D eigenvalue weighted by Gasteiger charge is -2.33. The number of benzene rings is 1. The van der Waals surface area contributed by atoms with Crippen LogP contribution >= 0.6 is 0 Å². The van der Waals surface area contributed by atoms with Crippen LogP contribution in [0.15, 0.2) is 24.3 Å². The Morgan fingerprint density at radius 2 is 2.00 bits per heavy atom. The molecule has 1 atom stereocenters. The molecule has 28 heavy (non-hydrogen) atoms. The van der Waals surface area contributed by atoms with Gasteiger partial charge in [0, 0.05) is 30.9 Å². The third kappa shape index (κ3) is 7.47. The maximum atomic E-state index is 12.9. The molecule has 1 aliphatic heterocycles. The Morgan fingerprint density at radius 3 is 2.64 bits per heavy atom. The smallest absolute Gasteiger partial charge is 0.412 e. The van der Waals surface area contributed by atoms with Crippen LogP contribution in [0, 0.1) is 5.92 Å². The van der Waals surface area contributed by atoms with Crippen LogP contribution in [0.1, 0.15) is 44.0 Å². The number of nitrogens with one attached hydrogen (secondary N) is 2. The fraction of sp³-hybridized carbons (Fsp3) is 0.579. The van der Waals surface area contributed by atoms with E-state index in [4.69, 9.17) is 4.74 Å². The van der Waals surface area contributed by atoms with Crippen LogP contribution < -0.4 is 10.0 Å². The van der Waals surface area contributed by atoms with E-state index in [1.54, 1.807) is 49.9 Å². The number of ether oxygens (including phenoxy) is 1. The Balaban J connectivity index is 2.00. The van der Waals surface area contributed by atoms with E-state index in [9.17, 15) is 18.0 Å². The highest BCUT2D eigenvalue weighted by atomic mass is 32.2. The predicted octanol–water partition coefficient (Wildman–Crippen LogP) is 2.44. The zero-order valence-corrected chi connectivity index (χ0v) is 17.6. The molecule has 0 radical (unpaired) electrons. The number of piperidine rings is 1. The summed E-state index contributed by atoms with van der Waals surface area (Å²) in [5.41, 5.74) is 0.332. The fourth-order valence-corrected chi connectivity index (χ4v) is 3.56. The first kappa shape index (κ1) is 22.2. The fourth-order valence-electron chi connectivity index (χ4n) is 3.02. The first-order chi connectivity index (χ1) is 12.9. The summed E-state index contributed by atoms with van der Waals surface area (Å²) in [6.07, 6.45) is 2.23. The van der Waals surface area contributed by atoms with E-state index in [0.29, 0.717) is 30.9 Å². The molecule has 156 valence electrons. The van der Waals surface area contributed by atoms with Crippen LogP contribution in [0.5, 0.6) is 0 Å². The molecule has 1 unspecified atom stereocenters. The molecule has 1 saturated heterocycles. The van der Waals surface area contributed by atoms with Gasteiger partial charge in [0.05, 0.1) is 6.26 Å². The molecule has 9 heteroatoms. The molecule has 2 amide bonds. The summed E-state index contributed by atoms with van der Waals surface area (Å²) < 4.78 is 30.3. The molecule has 0 aliphatic carbocycles. The molecule has 2 rings (SSSR count). The summed E-state index contributed by atoms with van der Waals surface area (Å²) in [5, 5.41) is 2.63. The zero-order chi connectivity index (χ0) is 20.9. The number of nitrogens with zero attached hydrogens (tertiary/aromatic N) is 1. The topological polar surface area (TPSA) is 105 Å². The van der Waals surface area contributed by atoms with Gasteiger partial charge in [0.1, 0.15) is 5.60 Å². The van der Waals surface area contributed by atoms with E-state index in [1.807, 2.05) is 0 Å². The van der Waals surface area contributed by atoms with E-state index in [2.05, 4.69) is 10.0 Å². The SMILES string of the molecule is CC(C)(C)OC(=O)Nc1cccc(C(=O)N2CCCC(CNS(C)(=O)=O)C2)c1. The van der Waals surface area contributed by atoms with E-state index in [0.717, 1.165) is 19.1 Å². The highest BCUT2D eigenvalue weighted by Crippen LogP contribution is 2.20. The first-order valence-electron chi connectivity index (χ1n) is 9.27. The molecule has 1 heterocycles. The molecule has 8 nitrogen and oxygen atoms in total. The van der Waals surface area contributed by atoms with Crippen molar-refractivity contribution in [3.63, 3.8) is 0 Å². The van der Waals surface area contributed by atoms with Crippen LogP contribution in [0.3, 0.4) is 0 Å². The molecule has 2 N–H and O–H groups in total. The Morgan fingerprint density at radius 1 is 1.29 bits per heavy atom. The van der Waals surface area contributed by atoms with Crippen LogP contribution in [0.25, 0.3) is 0 Å². The highest BCUT2D eigenvalue weighted by molar-refractivity contribution is 7.88. The number of anilines is 1. The van der Waals surface area contributed by atoms with E-state index < -0.39 is 21.7 Å². The van der Waals surface area contributed by atoms with Gasteiger partial charge < -0.3 is 9.64 Å². The number of likely N-dealkylation sites (tertiary alicyclic amines) is 1. The molecule has 1 aromatic rings. The molecular weight excluding hydrogens is 382 g/mol. The van der Waals surface area contributed by atoms with Crippen molar-refractivity contribution in [3.05, 3.63) is 29.8 Å². The molecular formula is C19H29N3O5S. The predicted molar refractivity (Wildman–Crippen MR) is 108 cm³/mol. The minimum absolute atomic E-state index is 0.0792. The Bertz CT molecular complexity index is 817. The molecule has 0 aromatic heterocycles. The number of amides is 2. The monoisotopic (exact) mass is 411 g/mol. The van der Waals surface area contributed by atoms with Gasteiger partial charge in [0.15, 0.2) is 0 Å². The standard InChI is InChI=1S/C19H29N3O5S/c1-19(2,3)27-18(24)21-16-9-5-8-15(11-16)17(23)22-10-6-7-14(13-22)12-20-28(4,25)26/h5,8-9,11,14,20H,6-7,10,12-13H2,1-4H3,(H,21,24). The summed E-state index contributed by atoms with van der Waals surface area (Å²) >= 11 is 0. The molecule has 1 aliphatic rings. The highest BCUT2D eigenvalue weighted by Gasteiger charge is 2.25. The zero-order valence-electron chi connectivity index (χ0n) is 16.8. The van der Waals surface area contributed by atoms with Gasteiger partial charge in [-0.1, -0.05) is 6.07 Å². The number of carbonyl (C=O) groups is 2. The van der Waals surface area contributed by atoms with Crippen LogP contribution in [-0.2, 0) is 14.8 Å². The summed E-state index contributed by atoms with van der Waals surface area (Å²) in [4.78, 5) is 26.5. The summed E-state index contributed by atoms with van der Waals surface area (Å²) in [6.45, 7) is 6.76. The van der Waals surface area contributed by atoms with E-state index in [-0.39, 0.29) is 11.8 Å². The number of sulfonamides is 1. The average Bonchev–Trinajstić information content (AvgIpc) is 2.57. The maximum absolute atomic E-state index is 12.9. The van der Waals surface area contributed by atoms with Crippen molar-refractivity contribution in [3.8, 4) is 0 Å². The second kappa shape index (κ2) is 8.91. The van der Waals surface area contributed by atoms with Gasteiger partial charge in [0.2, 0.25) is 10.0 Å². The van der Waals surface area contributed by atoms with Gasteiger partial charge in [-0.3, -0.25) is 10.1 Å². The van der Waals surface area contributed by atoms with Gasteiger partial charge in [-0.15, -0.1) is 0 Å². The molecule has 0 bridgehead atoms. The summed E-state index contributed by atoms with van der Waals surface area (Å²) in [5.74, 6) is -0.0626. The first-order valence-corrected chi connectivity index (χ1v) is 11.2. The normalized spacial score (nSPS) is 17.9. The number of hydrogen-bond donors (Lipinski definition) is 2. The lowest BCUT2D eigenvalue weighted by Crippen LogP contribution is -2.43. The van der Waals surface area contributed by atoms with Crippen molar-refractivity contribution in [1.82, 2.24) is 9.62 Å². The van der Waals surface area contributed by atoms with Crippen LogP contribution in [-0.4, -0.2) is 56.8 Å². The van der Waals surface area contributed by atoms with Gasteiger partial charge in [0.25, 0.3) is 5.91 Å². The van der Waals surface area contributed by atoms with Crippen molar-refractivity contribution < 1.29 is 22.7 Å². The Labute approximate surface area is 166 Å². The summed E-state index contributed by atoms with van der Waals surface area (Å²) in [6, 6.07) is 6.70. The van der Waals surface area contributed by atoms with E-state index in [1.165, 1.54) is 0 Å². The third-order valence-corrected chi connectivity index (χ3v) is 4.89. The minimum Gasteiger partial charge on any atom is -0.444 e. The van der Waals surface area contributed by atoms with Gasteiger partial charge in [-0.2, -0.15) is 0 Å². The number of carbonyl (C=O) groups excluding carboxylic acids is 2. The molecule has 0 saturated carbocycles. The van der Waals surface area contributed by atoms with Crippen molar-refractivity contribution in [2.75, 3.05) is 31.2 Å². The quantitative estimate of drug-likeness (QED) is 0.774. The third-order valence-electron chi connectivity index (χ3n) is 4.20. The lowest BCUT2D eigenvalue weighted by molar-refractivity contribution is 0.0632. The lowest BCUT2D eigenvalue weighted by atomic mass is 9.97. The van der Waals surface area contributed by atoms with Gasteiger partial charge in [-0.05, 0) is 57.7 Å². The second-order valence-electron chi connectivity index (χ2n) is 8.09. The van der Waals surface area contributed by atoms with E-state index >= 15 is 0 Å². The van der Waals surface area contributed by atoms with Crippen LogP contribution in [0.2, 0.25) is 0 Å². The molecule has 1 aromatic carbocycles. The molecule has 1 fully saturated rings. The van der Waals surface area contributed by atoms with Crippen LogP contribution in [0.4, 0.5) is 10.5 Å². The Kier molecular flexibility index (Phi) is 7.06.